The highest BCUT2D eigenvalue weighted by atomic mass is 16.4. The summed E-state index contributed by atoms with van der Waals surface area (Å²) in [5.41, 5.74) is -0.163. The summed E-state index contributed by atoms with van der Waals surface area (Å²) < 4.78 is 0. The fourth-order valence-corrected chi connectivity index (χ4v) is 2.12. The zero-order valence-corrected chi connectivity index (χ0v) is 8.62. The molecule has 2 rings (SSSR count). The minimum absolute atomic E-state index is 0.608. The fourth-order valence-electron chi connectivity index (χ4n) is 2.12. The van der Waals surface area contributed by atoms with Gasteiger partial charge in [-0.05, 0) is 37.8 Å². The first-order valence-corrected chi connectivity index (χ1v) is 4.98. The highest BCUT2D eigenvalue weighted by Gasteiger charge is 2.46. The number of benzene rings is 1. The lowest BCUT2D eigenvalue weighted by Gasteiger charge is -2.43. The van der Waals surface area contributed by atoms with Crippen LogP contribution >= 0.6 is 0 Å². The van der Waals surface area contributed by atoms with Gasteiger partial charge in [0.2, 0.25) is 0 Å². The SMILES string of the molecule is C[C@]1(O)CCc2ccccc2[C@@]1(C)O. The van der Waals surface area contributed by atoms with Crippen LogP contribution in [0.2, 0.25) is 0 Å². The first-order valence-electron chi connectivity index (χ1n) is 4.98. The predicted molar refractivity (Wildman–Crippen MR) is 55.0 cm³/mol. The molecule has 1 aliphatic carbocycles. The van der Waals surface area contributed by atoms with Crippen molar-refractivity contribution in [3.05, 3.63) is 35.4 Å². The predicted octanol–water partition coefficient (Wildman–Crippen LogP) is 1.59. The summed E-state index contributed by atoms with van der Waals surface area (Å²) in [6, 6.07) is 7.77. The number of fused-ring (bicyclic) bond motifs is 1. The van der Waals surface area contributed by atoms with E-state index in [1.807, 2.05) is 24.3 Å². The number of aliphatic hydroxyl groups is 2. The molecule has 1 aromatic carbocycles. The summed E-state index contributed by atoms with van der Waals surface area (Å²) in [5.74, 6) is 0. The Labute approximate surface area is 84.2 Å². The Bertz CT molecular complexity index is 353. The van der Waals surface area contributed by atoms with E-state index in [0.717, 1.165) is 17.5 Å². The van der Waals surface area contributed by atoms with Crippen LogP contribution in [0.3, 0.4) is 0 Å². The van der Waals surface area contributed by atoms with Crippen molar-refractivity contribution in [1.82, 2.24) is 0 Å². The topological polar surface area (TPSA) is 40.5 Å². The van der Waals surface area contributed by atoms with Gasteiger partial charge in [-0.15, -0.1) is 0 Å². The second-order valence-electron chi connectivity index (χ2n) is 4.50. The third-order valence-electron chi connectivity index (χ3n) is 3.47. The van der Waals surface area contributed by atoms with Crippen molar-refractivity contribution in [2.24, 2.45) is 0 Å². The lowest BCUT2D eigenvalue weighted by Crippen LogP contribution is -2.50. The van der Waals surface area contributed by atoms with E-state index >= 15 is 0 Å². The van der Waals surface area contributed by atoms with Crippen LogP contribution in [0.15, 0.2) is 24.3 Å². The zero-order chi connectivity index (χ0) is 10.4. The average molecular weight is 192 g/mol. The largest absolute Gasteiger partial charge is 0.387 e. The Hall–Kier alpha value is -0.860. The second kappa shape index (κ2) is 2.81. The van der Waals surface area contributed by atoms with Gasteiger partial charge in [0.05, 0.1) is 5.60 Å². The van der Waals surface area contributed by atoms with Gasteiger partial charge in [0.1, 0.15) is 5.60 Å². The summed E-state index contributed by atoms with van der Waals surface area (Å²) in [6.07, 6.45) is 1.44. The Balaban J connectivity index is 2.57. The molecule has 0 saturated carbocycles. The minimum atomic E-state index is -1.14. The van der Waals surface area contributed by atoms with Crippen LogP contribution in [0.25, 0.3) is 0 Å². The molecule has 14 heavy (non-hydrogen) atoms. The first kappa shape index (κ1) is 9.69. The van der Waals surface area contributed by atoms with E-state index in [1.54, 1.807) is 13.8 Å². The first-order chi connectivity index (χ1) is 6.45. The van der Waals surface area contributed by atoms with E-state index in [0.29, 0.717) is 6.42 Å². The second-order valence-corrected chi connectivity index (χ2v) is 4.50. The number of aryl methyl sites for hydroxylation is 1. The van der Waals surface area contributed by atoms with Gasteiger partial charge in [-0.3, -0.25) is 0 Å². The highest BCUT2D eigenvalue weighted by Crippen LogP contribution is 2.41. The molecular formula is C12H16O2. The Kier molecular flexibility index (Phi) is 1.95. The molecule has 0 aliphatic heterocycles. The van der Waals surface area contributed by atoms with Gasteiger partial charge < -0.3 is 10.2 Å². The summed E-state index contributed by atoms with van der Waals surface area (Å²) in [6.45, 7) is 3.38. The van der Waals surface area contributed by atoms with Crippen molar-refractivity contribution < 1.29 is 10.2 Å². The number of rotatable bonds is 0. The normalized spacial score (nSPS) is 36.6. The van der Waals surface area contributed by atoms with Crippen molar-refractivity contribution in [2.75, 3.05) is 0 Å². The molecule has 1 aromatic rings. The average Bonchev–Trinajstić information content (AvgIpc) is 2.13. The van der Waals surface area contributed by atoms with Gasteiger partial charge in [-0.2, -0.15) is 0 Å². The van der Waals surface area contributed by atoms with Crippen molar-refractivity contribution in [1.29, 1.82) is 0 Å². The van der Waals surface area contributed by atoms with Crippen LogP contribution < -0.4 is 0 Å². The van der Waals surface area contributed by atoms with E-state index in [1.165, 1.54) is 0 Å². The zero-order valence-electron chi connectivity index (χ0n) is 8.62. The lowest BCUT2D eigenvalue weighted by molar-refractivity contribution is -0.146. The third-order valence-corrected chi connectivity index (χ3v) is 3.47. The maximum Gasteiger partial charge on any atom is 0.115 e. The van der Waals surface area contributed by atoms with E-state index in [-0.39, 0.29) is 0 Å². The van der Waals surface area contributed by atoms with Crippen molar-refractivity contribution in [3.8, 4) is 0 Å². The molecule has 1 aliphatic rings. The molecule has 0 radical (unpaired) electrons. The summed E-state index contributed by atoms with van der Waals surface area (Å²) in [4.78, 5) is 0. The van der Waals surface area contributed by atoms with Crippen LogP contribution in [0.4, 0.5) is 0 Å². The van der Waals surface area contributed by atoms with Gasteiger partial charge >= 0.3 is 0 Å². The van der Waals surface area contributed by atoms with E-state index in [4.69, 9.17) is 0 Å². The molecule has 76 valence electrons. The van der Waals surface area contributed by atoms with Crippen molar-refractivity contribution in [3.63, 3.8) is 0 Å². The summed E-state index contributed by atoms with van der Waals surface area (Å²) in [5, 5.41) is 20.4. The fraction of sp³-hybridized carbons (Fsp3) is 0.500. The van der Waals surface area contributed by atoms with Gasteiger partial charge in [-0.25, -0.2) is 0 Å². The molecule has 0 bridgehead atoms. The summed E-state index contributed by atoms with van der Waals surface area (Å²) >= 11 is 0. The van der Waals surface area contributed by atoms with Gasteiger partial charge in [0.15, 0.2) is 0 Å². The monoisotopic (exact) mass is 192 g/mol. The third kappa shape index (κ3) is 1.18. The molecule has 2 nitrogen and oxygen atoms in total. The van der Waals surface area contributed by atoms with Crippen LogP contribution in [0.1, 0.15) is 31.4 Å². The van der Waals surface area contributed by atoms with Crippen molar-refractivity contribution in [2.45, 2.75) is 37.9 Å². The molecule has 2 heteroatoms. The van der Waals surface area contributed by atoms with Crippen LogP contribution in [-0.2, 0) is 12.0 Å². The lowest BCUT2D eigenvalue weighted by atomic mass is 9.70. The molecule has 0 fully saturated rings. The van der Waals surface area contributed by atoms with E-state index < -0.39 is 11.2 Å². The Morgan fingerprint density at radius 2 is 1.79 bits per heavy atom. The molecule has 0 heterocycles. The molecule has 0 spiro atoms. The Morgan fingerprint density at radius 1 is 1.14 bits per heavy atom. The number of hydrogen-bond acceptors (Lipinski definition) is 2. The molecule has 0 unspecified atom stereocenters. The minimum Gasteiger partial charge on any atom is -0.387 e. The smallest absolute Gasteiger partial charge is 0.115 e. The van der Waals surface area contributed by atoms with Crippen LogP contribution in [0.5, 0.6) is 0 Å². The van der Waals surface area contributed by atoms with Crippen molar-refractivity contribution >= 4 is 0 Å². The van der Waals surface area contributed by atoms with E-state index in [2.05, 4.69) is 0 Å². The quantitative estimate of drug-likeness (QED) is 0.655. The standard InChI is InChI=1S/C12H16O2/c1-11(13)8-7-9-5-3-4-6-10(9)12(11,2)14/h3-6,13-14H,7-8H2,1-2H3/t11-,12+/m0/s1. The van der Waals surface area contributed by atoms with Gasteiger partial charge in [0.25, 0.3) is 0 Å². The molecule has 2 atom stereocenters. The summed E-state index contributed by atoms with van der Waals surface area (Å²) in [7, 11) is 0. The molecule has 0 saturated heterocycles. The molecule has 2 N–H and O–H groups in total. The molecular weight excluding hydrogens is 176 g/mol. The molecule has 0 aromatic heterocycles. The van der Waals surface area contributed by atoms with Crippen LogP contribution in [-0.4, -0.2) is 15.8 Å². The van der Waals surface area contributed by atoms with Gasteiger partial charge in [0, 0.05) is 0 Å². The Morgan fingerprint density at radius 3 is 2.50 bits per heavy atom. The molecule has 0 amide bonds. The van der Waals surface area contributed by atoms with Gasteiger partial charge in [-0.1, -0.05) is 24.3 Å². The van der Waals surface area contributed by atoms with Crippen LogP contribution in [0, 0.1) is 0 Å². The van der Waals surface area contributed by atoms with E-state index in [9.17, 15) is 10.2 Å². The maximum atomic E-state index is 10.3. The number of hydrogen-bond donors (Lipinski definition) is 2. The highest BCUT2D eigenvalue weighted by molar-refractivity contribution is 5.37. The maximum absolute atomic E-state index is 10.3.